The lowest BCUT2D eigenvalue weighted by Crippen LogP contribution is -2.06. The van der Waals surface area contributed by atoms with Crippen molar-refractivity contribution in [2.75, 3.05) is 6.67 Å². The number of hydrogen-bond donors (Lipinski definition) is 0. The molecule has 0 spiro atoms. The molecule has 5 nitrogen and oxygen atoms in total. The molecular formula is C11H10FN5. The molecule has 2 aromatic heterocycles. The molecule has 0 aliphatic heterocycles. The van der Waals surface area contributed by atoms with Crippen LogP contribution in [0.4, 0.5) is 4.39 Å². The van der Waals surface area contributed by atoms with E-state index < -0.39 is 6.67 Å². The molecule has 6 heteroatoms. The van der Waals surface area contributed by atoms with E-state index in [1.807, 2.05) is 6.07 Å². The zero-order valence-corrected chi connectivity index (χ0v) is 9.04. The molecule has 0 aromatic carbocycles. The summed E-state index contributed by atoms with van der Waals surface area (Å²) in [4.78, 5) is 8.05. The zero-order valence-electron chi connectivity index (χ0n) is 9.04. The van der Waals surface area contributed by atoms with E-state index in [1.165, 1.54) is 4.68 Å². The number of nitrogens with zero attached hydrogens (tertiary/aromatic N) is 5. The van der Waals surface area contributed by atoms with Crippen molar-refractivity contribution in [3.8, 4) is 17.5 Å². The van der Waals surface area contributed by atoms with Crippen LogP contribution in [0.25, 0.3) is 11.4 Å². The van der Waals surface area contributed by atoms with Crippen molar-refractivity contribution in [2.24, 2.45) is 0 Å². The average Bonchev–Trinajstić information content (AvgIpc) is 2.75. The topological polar surface area (TPSA) is 67.4 Å². The first-order valence-electron chi connectivity index (χ1n) is 5.11. The molecule has 86 valence electrons. The molecule has 0 atom stereocenters. The SMILES string of the molecule is N#CCc1cc(-c2cnccn2)nn1CCF. The van der Waals surface area contributed by atoms with Crippen LogP contribution in [0.2, 0.25) is 0 Å². The second kappa shape index (κ2) is 5.16. The quantitative estimate of drug-likeness (QED) is 0.797. The average molecular weight is 231 g/mol. The summed E-state index contributed by atoms with van der Waals surface area (Å²) in [5.41, 5.74) is 1.91. The van der Waals surface area contributed by atoms with Crippen molar-refractivity contribution in [1.82, 2.24) is 19.7 Å². The number of aromatic nitrogens is 4. The second-order valence-electron chi connectivity index (χ2n) is 3.36. The standard InChI is InChI=1S/C11H10FN5/c12-2-6-17-9(1-3-13)7-10(16-17)11-8-14-4-5-15-11/h4-5,7-8H,1-2,6H2. The van der Waals surface area contributed by atoms with E-state index in [4.69, 9.17) is 5.26 Å². The summed E-state index contributed by atoms with van der Waals surface area (Å²) in [5.74, 6) is 0. The van der Waals surface area contributed by atoms with Gasteiger partial charge in [-0.2, -0.15) is 10.4 Å². The van der Waals surface area contributed by atoms with Gasteiger partial charge in [0.2, 0.25) is 0 Å². The molecular weight excluding hydrogens is 221 g/mol. The van der Waals surface area contributed by atoms with E-state index in [9.17, 15) is 4.39 Å². The van der Waals surface area contributed by atoms with Crippen molar-refractivity contribution in [1.29, 1.82) is 5.26 Å². The van der Waals surface area contributed by atoms with E-state index in [0.29, 0.717) is 17.1 Å². The highest BCUT2D eigenvalue weighted by Crippen LogP contribution is 2.16. The maximum Gasteiger partial charge on any atom is 0.113 e. The first kappa shape index (κ1) is 11.2. The van der Waals surface area contributed by atoms with Gasteiger partial charge in [0.25, 0.3) is 0 Å². The van der Waals surface area contributed by atoms with Gasteiger partial charge in [0, 0.05) is 12.4 Å². The van der Waals surface area contributed by atoms with Crippen molar-refractivity contribution in [2.45, 2.75) is 13.0 Å². The van der Waals surface area contributed by atoms with Crippen molar-refractivity contribution in [3.63, 3.8) is 0 Å². The van der Waals surface area contributed by atoms with Crippen molar-refractivity contribution < 1.29 is 4.39 Å². The van der Waals surface area contributed by atoms with Gasteiger partial charge in [-0.15, -0.1) is 0 Å². The Bertz CT molecular complexity index is 529. The number of rotatable bonds is 4. The maximum atomic E-state index is 12.3. The fourth-order valence-corrected chi connectivity index (χ4v) is 1.51. The van der Waals surface area contributed by atoms with Crippen molar-refractivity contribution in [3.05, 3.63) is 30.4 Å². The van der Waals surface area contributed by atoms with Crippen molar-refractivity contribution >= 4 is 0 Å². The molecule has 0 radical (unpaired) electrons. The van der Waals surface area contributed by atoms with E-state index in [2.05, 4.69) is 15.1 Å². The molecule has 2 aromatic rings. The number of alkyl halides is 1. The second-order valence-corrected chi connectivity index (χ2v) is 3.36. The van der Waals surface area contributed by atoms with Crippen LogP contribution in [0.3, 0.4) is 0 Å². The van der Waals surface area contributed by atoms with Gasteiger partial charge in [-0.05, 0) is 6.07 Å². The fourth-order valence-electron chi connectivity index (χ4n) is 1.51. The number of hydrogen-bond acceptors (Lipinski definition) is 4. The Morgan fingerprint density at radius 2 is 2.24 bits per heavy atom. The largest absolute Gasteiger partial charge is 0.265 e. The number of nitriles is 1. The third-order valence-corrected chi connectivity index (χ3v) is 2.25. The Kier molecular flexibility index (Phi) is 3.40. The highest BCUT2D eigenvalue weighted by atomic mass is 19.1. The van der Waals surface area contributed by atoms with Gasteiger partial charge in [-0.25, -0.2) is 4.39 Å². The van der Waals surface area contributed by atoms with Crippen LogP contribution in [-0.2, 0) is 13.0 Å². The molecule has 0 fully saturated rings. The summed E-state index contributed by atoms with van der Waals surface area (Å²) in [6.45, 7) is -0.364. The predicted octanol–water partition coefficient (Wildman–Crippen LogP) is 1.38. The molecule has 0 bridgehead atoms. The summed E-state index contributed by atoms with van der Waals surface area (Å²) >= 11 is 0. The molecule has 2 rings (SSSR count). The highest BCUT2D eigenvalue weighted by molar-refractivity contribution is 5.52. The van der Waals surface area contributed by atoms with Gasteiger partial charge >= 0.3 is 0 Å². The molecule has 2 heterocycles. The summed E-state index contributed by atoms with van der Waals surface area (Å²) in [6.07, 6.45) is 4.91. The molecule has 0 aliphatic rings. The fraction of sp³-hybridized carbons (Fsp3) is 0.273. The van der Waals surface area contributed by atoms with Gasteiger partial charge in [-0.3, -0.25) is 14.6 Å². The van der Waals surface area contributed by atoms with Gasteiger partial charge in [-0.1, -0.05) is 0 Å². The number of aryl methyl sites for hydroxylation is 1. The summed E-state index contributed by atoms with van der Waals surface area (Å²) < 4.78 is 13.8. The smallest absolute Gasteiger partial charge is 0.113 e. The number of halogens is 1. The minimum absolute atomic E-state index is 0.150. The van der Waals surface area contributed by atoms with Crippen LogP contribution in [0, 0.1) is 11.3 Å². The maximum absolute atomic E-state index is 12.3. The molecule has 0 aliphatic carbocycles. The first-order valence-corrected chi connectivity index (χ1v) is 5.11. The zero-order chi connectivity index (χ0) is 12.1. The molecule has 0 saturated carbocycles. The molecule has 0 N–H and O–H groups in total. The summed E-state index contributed by atoms with van der Waals surface area (Å²) in [5, 5.41) is 12.9. The normalized spacial score (nSPS) is 10.1. The molecule has 0 amide bonds. The molecule has 0 unspecified atom stereocenters. The molecule has 0 saturated heterocycles. The van der Waals surface area contributed by atoms with Crippen LogP contribution in [0.15, 0.2) is 24.7 Å². The predicted molar refractivity (Wildman–Crippen MR) is 58.5 cm³/mol. The highest BCUT2D eigenvalue weighted by Gasteiger charge is 2.10. The Morgan fingerprint density at radius 3 is 2.88 bits per heavy atom. The lowest BCUT2D eigenvalue weighted by Gasteiger charge is -1.99. The lowest BCUT2D eigenvalue weighted by molar-refractivity contribution is 0.422. The Hall–Kier alpha value is -2.29. The third-order valence-electron chi connectivity index (χ3n) is 2.25. The van der Waals surface area contributed by atoms with Crippen LogP contribution in [-0.4, -0.2) is 26.4 Å². The first-order chi connectivity index (χ1) is 8.35. The Labute approximate surface area is 97.6 Å². The Balaban J connectivity index is 2.37. The van der Waals surface area contributed by atoms with Crippen LogP contribution >= 0.6 is 0 Å². The van der Waals surface area contributed by atoms with Crippen LogP contribution in [0.1, 0.15) is 5.69 Å². The minimum atomic E-state index is -0.514. The van der Waals surface area contributed by atoms with Gasteiger partial charge in [0.15, 0.2) is 0 Å². The third kappa shape index (κ3) is 2.45. The monoisotopic (exact) mass is 231 g/mol. The van der Waals surface area contributed by atoms with Gasteiger partial charge in [0.1, 0.15) is 18.1 Å². The van der Waals surface area contributed by atoms with Gasteiger partial charge < -0.3 is 0 Å². The van der Waals surface area contributed by atoms with Gasteiger partial charge in [0.05, 0.1) is 30.9 Å². The van der Waals surface area contributed by atoms with E-state index in [0.717, 1.165) is 0 Å². The van der Waals surface area contributed by atoms with Crippen LogP contribution < -0.4 is 0 Å². The van der Waals surface area contributed by atoms with E-state index in [-0.39, 0.29) is 13.0 Å². The molecule has 17 heavy (non-hydrogen) atoms. The Morgan fingerprint density at radius 1 is 1.35 bits per heavy atom. The van der Waals surface area contributed by atoms with E-state index in [1.54, 1.807) is 24.7 Å². The van der Waals surface area contributed by atoms with Crippen LogP contribution in [0.5, 0.6) is 0 Å². The summed E-state index contributed by atoms with van der Waals surface area (Å²) in [7, 11) is 0. The summed E-state index contributed by atoms with van der Waals surface area (Å²) in [6, 6.07) is 3.77. The van der Waals surface area contributed by atoms with E-state index >= 15 is 0 Å². The lowest BCUT2D eigenvalue weighted by atomic mass is 10.2. The minimum Gasteiger partial charge on any atom is -0.265 e.